The Balaban J connectivity index is 2.10. The lowest BCUT2D eigenvalue weighted by Crippen LogP contribution is -2.30. The van der Waals surface area contributed by atoms with Crippen molar-refractivity contribution in [2.45, 2.75) is 25.3 Å². The second kappa shape index (κ2) is 3.17. The zero-order valence-electron chi connectivity index (χ0n) is 6.21. The molecule has 0 amide bonds. The van der Waals surface area contributed by atoms with Crippen LogP contribution in [0, 0.1) is 5.92 Å². The highest BCUT2D eigenvalue weighted by molar-refractivity contribution is 5.07. The molecule has 10 heavy (non-hydrogen) atoms. The number of hydrogen-bond donors (Lipinski definition) is 2. The van der Waals surface area contributed by atoms with Gasteiger partial charge in [-0.05, 0) is 25.2 Å². The molecule has 0 bridgehead atoms. The molecule has 1 fully saturated rings. The van der Waals surface area contributed by atoms with Crippen LogP contribution in [0.1, 0.15) is 19.3 Å². The van der Waals surface area contributed by atoms with E-state index in [0.29, 0.717) is 5.92 Å². The van der Waals surface area contributed by atoms with Crippen molar-refractivity contribution >= 4 is 0 Å². The van der Waals surface area contributed by atoms with Crippen molar-refractivity contribution in [3.8, 4) is 0 Å². The first-order valence-electron chi connectivity index (χ1n) is 3.75. The summed E-state index contributed by atoms with van der Waals surface area (Å²) in [7, 11) is 0. The van der Waals surface area contributed by atoms with Gasteiger partial charge in [0.25, 0.3) is 0 Å². The number of hydrogen-bond acceptors (Lipinski definition) is 2. The Morgan fingerprint density at radius 3 is 2.70 bits per heavy atom. The Kier molecular flexibility index (Phi) is 2.46. The number of nitrogens with two attached hydrogens (primary N) is 1. The molecule has 58 valence electrons. The van der Waals surface area contributed by atoms with Gasteiger partial charge in [-0.2, -0.15) is 0 Å². The van der Waals surface area contributed by atoms with E-state index in [1.165, 1.54) is 5.57 Å². The maximum atomic E-state index is 8.62. The molecule has 0 radical (unpaired) electrons. The van der Waals surface area contributed by atoms with Gasteiger partial charge in [-0.25, -0.2) is 0 Å². The van der Waals surface area contributed by atoms with Crippen molar-refractivity contribution < 1.29 is 5.11 Å². The summed E-state index contributed by atoms with van der Waals surface area (Å²) in [4.78, 5) is 0. The van der Waals surface area contributed by atoms with E-state index in [4.69, 9.17) is 10.8 Å². The highest BCUT2D eigenvalue weighted by atomic mass is 16.3. The minimum absolute atomic E-state index is 0.0156. The highest BCUT2D eigenvalue weighted by Crippen LogP contribution is 2.34. The molecule has 1 aliphatic carbocycles. The molecule has 0 aliphatic heterocycles. The van der Waals surface area contributed by atoms with Crippen LogP contribution in [0.2, 0.25) is 0 Å². The molecule has 0 aromatic carbocycles. The molecule has 0 heterocycles. The Hall–Kier alpha value is -0.340. The van der Waals surface area contributed by atoms with Gasteiger partial charge in [0, 0.05) is 6.04 Å². The topological polar surface area (TPSA) is 46.2 Å². The van der Waals surface area contributed by atoms with Gasteiger partial charge in [0.2, 0.25) is 0 Å². The Morgan fingerprint density at radius 1 is 1.70 bits per heavy atom. The van der Waals surface area contributed by atoms with Gasteiger partial charge in [-0.15, -0.1) is 0 Å². The van der Waals surface area contributed by atoms with E-state index in [0.717, 1.165) is 19.3 Å². The number of aliphatic hydroxyl groups is 1. The number of aliphatic hydroxyl groups excluding tert-OH is 1. The predicted octanol–water partition coefficient (Wildman–Crippen LogP) is 0.662. The van der Waals surface area contributed by atoms with Gasteiger partial charge in [-0.3, -0.25) is 0 Å². The molecule has 3 N–H and O–H groups in total. The maximum Gasteiger partial charge on any atom is 0.0582 e. The van der Waals surface area contributed by atoms with Gasteiger partial charge < -0.3 is 10.8 Å². The van der Waals surface area contributed by atoms with E-state index in [1.54, 1.807) is 0 Å². The zero-order chi connectivity index (χ0) is 7.56. The van der Waals surface area contributed by atoms with E-state index < -0.39 is 0 Å². The van der Waals surface area contributed by atoms with Gasteiger partial charge in [0.1, 0.15) is 0 Å². The van der Waals surface area contributed by atoms with Crippen LogP contribution in [-0.4, -0.2) is 17.8 Å². The lowest BCUT2D eigenvalue weighted by Gasteiger charge is -2.29. The molecule has 2 nitrogen and oxygen atoms in total. The summed E-state index contributed by atoms with van der Waals surface area (Å²) in [5.41, 5.74) is 6.88. The van der Waals surface area contributed by atoms with Crippen molar-refractivity contribution in [3.63, 3.8) is 0 Å². The van der Waals surface area contributed by atoms with Crippen LogP contribution in [0.25, 0.3) is 0 Å². The van der Waals surface area contributed by atoms with Crippen LogP contribution in [0.5, 0.6) is 0 Å². The van der Waals surface area contributed by atoms with Gasteiger partial charge in [0.15, 0.2) is 0 Å². The molecule has 0 spiro atoms. The summed E-state index contributed by atoms with van der Waals surface area (Å²) in [6.45, 7) is 3.95. The first-order valence-corrected chi connectivity index (χ1v) is 3.75. The molecule has 1 saturated carbocycles. The molecule has 1 aliphatic rings. The van der Waals surface area contributed by atoms with Crippen molar-refractivity contribution in [1.29, 1.82) is 0 Å². The summed E-state index contributed by atoms with van der Waals surface area (Å²) in [5, 5.41) is 8.62. The SMILES string of the molecule is C=C1CC(CC(N)CO)C1. The molecule has 1 unspecified atom stereocenters. The smallest absolute Gasteiger partial charge is 0.0582 e. The summed E-state index contributed by atoms with van der Waals surface area (Å²) in [6.07, 6.45) is 3.19. The summed E-state index contributed by atoms with van der Waals surface area (Å²) < 4.78 is 0. The summed E-state index contributed by atoms with van der Waals surface area (Å²) in [5.74, 6) is 0.703. The first kappa shape index (κ1) is 7.76. The fraction of sp³-hybridized carbons (Fsp3) is 0.750. The first-order chi connectivity index (χ1) is 4.72. The van der Waals surface area contributed by atoms with E-state index in [2.05, 4.69) is 6.58 Å². The second-order valence-electron chi connectivity index (χ2n) is 3.20. The van der Waals surface area contributed by atoms with E-state index in [1.807, 2.05) is 0 Å². The second-order valence-corrected chi connectivity index (χ2v) is 3.20. The largest absolute Gasteiger partial charge is 0.395 e. The summed E-state index contributed by atoms with van der Waals surface area (Å²) in [6, 6.07) is -0.0156. The fourth-order valence-corrected chi connectivity index (χ4v) is 1.43. The average molecular weight is 141 g/mol. The van der Waals surface area contributed by atoms with Crippen molar-refractivity contribution in [3.05, 3.63) is 12.2 Å². The molecule has 0 aromatic rings. The highest BCUT2D eigenvalue weighted by Gasteiger charge is 2.22. The van der Waals surface area contributed by atoms with Crippen molar-refractivity contribution in [2.24, 2.45) is 11.7 Å². The molecule has 1 rings (SSSR count). The third kappa shape index (κ3) is 1.82. The van der Waals surface area contributed by atoms with Gasteiger partial charge in [0.05, 0.1) is 6.61 Å². The third-order valence-corrected chi connectivity index (χ3v) is 2.03. The lowest BCUT2D eigenvalue weighted by atomic mass is 9.77. The van der Waals surface area contributed by atoms with Crippen molar-refractivity contribution in [1.82, 2.24) is 0 Å². The predicted molar refractivity (Wildman–Crippen MR) is 41.5 cm³/mol. The lowest BCUT2D eigenvalue weighted by molar-refractivity contribution is 0.233. The normalized spacial score (nSPS) is 22.4. The van der Waals surface area contributed by atoms with Gasteiger partial charge in [-0.1, -0.05) is 12.2 Å². The minimum Gasteiger partial charge on any atom is -0.395 e. The van der Waals surface area contributed by atoms with E-state index in [-0.39, 0.29) is 12.6 Å². The Morgan fingerprint density at radius 2 is 2.30 bits per heavy atom. The Bertz CT molecular complexity index is 125. The van der Waals surface area contributed by atoms with Crippen molar-refractivity contribution in [2.75, 3.05) is 6.61 Å². The van der Waals surface area contributed by atoms with Crippen LogP contribution in [-0.2, 0) is 0 Å². The van der Waals surface area contributed by atoms with Crippen LogP contribution < -0.4 is 5.73 Å². The average Bonchev–Trinajstić information content (AvgIpc) is 1.84. The van der Waals surface area contributed by atoms with Crippen LogP contribution in [0.3, 0.4) is 0 Å². The molecule has 0 saturated heterocycles. The van der Waals surface area contributed by atoms with Gasteiger partial charge >= 0.3 is 0 Å². The molecule has 2 heteroatoms. The summed E-state index contributed by atoms with van der Waals surface area (Å²) >= 11 is 0. The van der Waals surface area contributed by atoms with Crippen LogP contribution in [0.4, 0.5) is 0 Å². The molecule has 1 atom stereocenters. The molecular formula is C8H15NO. The maximum absolute atomic E-state index is 8.62. The third-order valence-electron chi connectivity index (χ3n) is 2.03. The Labute approximate surface area is 61.7 Å². The van der Waals surface area contributed by atoms with E-state index in [9.17, 15) is 0 Å². The standard InChI is InChI=1S/C8H15NO/c1-6-2-7(3-6)4-8(9)5-10/h7-8,10H,1-5,9H2. The zero-order valence-corrected chi connectivity index (χ0v) is 6.21. The number of rotatable bonds is 3. The quantitative estimate of drug-likeness (QED) is 0.567. The molecular weight excluding hydrogens is 126 g/mol. The monoisotopic (exact) mass is 141 g/mol. The molecule has 0 aromatic heterocycles. The van der Waals surface area contributed by atoms with E-state index >= 15 is 0 Å². The fourth-order valence-electron chi connectivity index (χ4n) is 1.43. The van der Waals surface area contributed by atoms with Crippen LogP contribution in [0.15, 0.2) is 12.2 Å². The van der Waals surface area contributed by atoms with Crippen LogP contribution >= 0.6 is 0 Å². The number of allylic oxidation sites excluding steroid dienone is 1. The minimum atomic E-state index is -0.0156.